The second kappa shape index (κ2) is 7.04. The summed E-state index contributed by atoms with van der Waals surface area (Å²) in [5.74, 6) is 0.312. The summed E-state index contributed by atoms with van der Waals surface area (Å²) in [6.07, 6.45) is 10.0. The van der Waals surface area contributed by atoms with Crippen LogP contribution in [-0.4, -0.2) is 44.2 Å². The highest BCUT2D eigenvalue weighted by Crippen LogP contribution is 2.24. The highest BCUT2D eigenvalue weighted by atomic mass is 32.2. The SMILES string of the molecule is CN(C1CCCCC1)S(=O)(=O)CCCCNC1CC1. The average molecular weight is 288 g/mol. The molecule has 5 heteroatoms. The van der Waals surface area contributed by atoms with Crippen molar-refractivity contribution in [1.82, 2.24) is 9.62 Å². The monoisotopic (exact) mass is 288 g/mol. The molecule has 1 N–H and O–H groups in total. The molecule has 2 saturated carbocycles. The van der Waals surface area contributed by atoms with Crippen LogP contribution in [0.1, 0.15) is 57.8 Å². The van der Waals surface area contributed by atoms with E-state index in [1.807, 2.05) is 0 Å². The molecule has 2 aliphatic carbocycles. The summed E-state index contributed by atoms with van der Waals surface area (Å²) < 4.78 is 26.1. The lowest BCUT2D eigenvalue weighted by molar-refractivity contribution is 0.285. The molecule has 2 rings (SSSR count). The first-order valence-electron chi connectivity index (χ1n) is 7.79. The van der Waals surface area contributed by atoms with Gasteiger partial charge in [0.2, 0.25) is 10.0 Å². The first kappa shape index (κ1) is 15.3. The van der Waals surface area contributed by atoms with Crippen LogP contribution in [0.4, 0.5) is 0 Å². The van der Waals surface area contributed by atoms with Gasteiger partial charge in [0.25, 0.3) is 0 Å². The van der Waals surface area contributed by atoms with E-state index in [0.717, 1.165) is 38.3 Å². The van der Waals surface area contributed by atoms with Gasteiger partial charge in [0.15, 0.2) is 0 Å². The van der Waals surface area contributed by atoms with Crippen LogP contribution in [-0.2, 0) is 10.0 Å². The van der Waals surface area contributed by atoms with Gasteiger partial charge in [-0.2, -0.15) is 0 Å². The van der Waals surface area contributed by atoms with Crippen molar-refractivity contribution in [3.05, 3.63) is 0 Å². The number of hydrogen-bond donors (Lipinski definition) is 1. The molecule has 0 bridgehead atoms. The molecule has 19 heavy (non-hydrogen) atoms. The van der Waals surface area contributed by atoms with Gasteiger partial charge in [-0.1, -0.05) is 19.3 Å². The van der Waals surface area contributed by atoms with Gasteiger partial charge >= 0.3 is 0 Å². The largest absolute Gasteiger partial charge is 0.314 e. The Morgan fingerprint density at radius 1 is 1.05 bits per heavy atom. The number of hydrogen-bond acceptors (Lipinski definition) is 3. The molecule has 0 spiro atoms. The minimum atomic E-state index is -3.04. The lowest BCUT2D eigenvalue weighted by Gasteiger charge is -2.30. The Balaban J connectivity index is 1.66. The van der Waals surface area contributed by atoms with E-state index in [1.54, 1.807) is 11.4 Å². The quantitative estimate of drug-likeness (QED) is 0.696. The van der Waals surface area contributed by atoms with Crippen molar-refractivity contribution in [2.24, 2.45) is 0 Å². The normalized spacial score (nSPS) is 22.0. The Bertz CT molecular complexity index is 360. The number of nitrogens with one attached hydrogen (secondary N) is 1. The third-order valence-electron chi connectivity index (χ3n) is 4.37. The molecule has 0 heterocycles. The van der Waals surface area contributed by atoms with Gasteiger partial charge in [0.05, 0.1) is 5.75 Å². The predicted octanol–water partition coefficient (Wildman–Crippen LogP) is 2.11. The third kappa shape index (κ3) is 5.04. The van der Waals surface area contributed by atoms with Crippen molar-refractivity contribution >= 4 is 10.0 Å². The summed E-state index contributed by atoms with van der Waals surface area (Å²) in [7, 11) is -1.27. The summed E-state index contributed by atoms with van der Waals surface area (Å²) in [5, 5.41) is 3.43. The van der Waals surface area contributed by atoms with Crippen LogP contribution in [0, 0.1) is 0 Å². The Morgan fingerprint density at radius 3 is 2.37 bits per heavy atom. The van der Waals surface area contributed by atoms with Gasteiger partial charge in [0, 0.05) is 19.1 Å². The van der Waals surface area contributed by atoms with E-state index in [0.29, 0.717) is 5.75 Å². The van der Waals surface area contributed by atoms with Crippen molar-refractivity contribution in [3.8, 4) is 0 Å². The Labute approximate surface area is 118 Å². The fourth-order valence-corrected chi connectivity index (χ4v) is 4.34. The smallest absolute Gasteiger partial charge is 0.214 e. The molecule has 112 valence electrons. The lowest BCUT2D eigenvalue weighted by atomic mass is 9.96. The number of rotatable bonds is 8. The molecule has 0 atom stereocenters. The summed E-state index contributed by atoms with van der Waals surface area (Å²) in [6.45, 7) is 0.966. The molecule has 0 aromatic carbocycles. The first-order valence-corrected chi connectivity index (χ1v) is 9.39. The van der Waals surface area contributed by atoms with E-state index in [1.165, 1.54) is 32.1 Å². The van der Waals surface area contributed by atoms with Gasteiger partial charge in [-0.15, -0.1) is 0 Å². The number of sulfonamides is 1. The zero-order chi connectivity index (χ0) is 13.7. The maximum atomic E-state index is 12.2. The predicted molar refractivity (Wildman–Crippen MR) is 78.7 cm³/mol. The fourth-order valence-electron chi connectivity index (χ4n) is 2.82. The first-order chi connectivity index (χ1) is 9.09. The molecule has 0 radical (unpaired) electrons. The Morgan fingerprint density at radius 2 is 1.74 bits per heavy atom. The van der Waals surface area contributed by atoms with Gasteiger partial charge in [-0.05, 0) is 45.1 Å². The van der Waals surface area contributed by atoms with Crippen LogP contribution in [0.3, 0.4) is 0 Å². The molecular formula is C14H28N2O2S. The van der Waals surface area contributed by atoms with Gasteiger partial charge in [-0.25, -0.2) is 12.7 Å². The zero-order valence-electron chi connectivity index (χ0n) is 12.1. The lowest BCUT2D eigenvalue weighted by Crippen LogP contribution is -2.39. The summed E-state index contributed by atoms with van der Waals surface area (Å²) in [4.78, 5) is 0. The van der Waals surface area contributed by atoms with Crippen LogP contribution in [0.2, 0.25) is 0 Å². The number of unbranched alkanes of at least 4 members (excludes halogenated alkanes) is 1. The highest BCUT2D eigenvalue weighted by molar-refractivity contribution is 7.89. The van der Waals surface area contributed by atoms with Crippen LogP contribution < -0.4 is 5.32 Å². The maximum absolute atomic E-state index is 12.2. The molecule has 2 fully saturated rings. The van der Waals surface area contributed by atoms with Crippen molar-refractivity contribution in [2.75, 3.05) is 19.3 Å². The van der Waals surface area contributed by atoms with E-state index >= 15 is 0 Å². The molecule has 0 amide bonds. The maximum Gasteiger partial charge on any atom is 0.214 e. The highest BCUT2D eigenvalue weighted by Gasteiger charge is 2.27. The Hall–Kier alpha value is -0.130. The van der Waals surface area contributed by atoms with Crippen molar-refractivity contribution in [2.45, 2.75) is 69.9 Å². The molecular weight excluding hydrogens is 260 g/mol. The van der Waals surface area contributed by atoms with Crippen molar-refractivity contribution in [1.29, 1.82) is 0 Å². The summed E-state index contributed by atoms with van der Waals surface area (Å²) in [6, 6.07) is 0.977. The second-order valence-electron chi connectivity index (χ2n) is 6.06. The van der Waals surface area contributed by atoms with Gasteiger partial charge < -0.3 is 5.32 Å². The van der Waals surface area contributed by atoms with Gasteiger partial charge in [-0.3, -0.25) is 0 Å². The van der Waals surface area contributed by atoms with Crippen molar-refractivity contribution in [3.63, 3.8) is 0 Å². The Kier molecular flexibility index (Phi) is 5.66. The molecule has 2 aliphatic rings. The minimum absolute atomic E-state index is 0.253. The van der Waals surface area contributed by atoms with E-state index in [2.05, 4.69) is 5.32 Å². The van der Waals surface area contributed by atoms with E-state index < -0.39 is 10.0 Å². The van der Waals surface area contributed by atoms with E-state index in [-0.39, 0.29) is 6.04 Å². The molecule has 0 aliphatic heterocycles. The minimum Gasteiger partial charge on any atom is -0.314 e. The molecule has 0 aromatic rings. The van der Waals surface area contributed by atoms with Crippen molar-refractivity contribution < 1.29 is 8.42 Å². The topological polar surface area (TPSA) is 49.4 Å². The standard InChI is InChI=1S/C14H28N2O2S/c1-16(14-7-3-2-4-8-14)19(17,18)12-6-5-11-15-13-9-10-13/h13-15H,2-12H2,1H3. The summed E-state index contributed by atoms with van der Waals surface area (Å²) in [5.41, 5.74) is 0. The molecule has 0 saturated heterocycles. The van der Waals surface area contributed by atoms with E-state index in [4.69, 9.17) is 0 Å². The van der Waals surface area contributed by atoms with E-state index in [9.17, 15) is 8.42 Å². The third-order valence-corrected chi connectivity index (χ3v) is 6.35. The zero-order valence-corrected chi connectivity index (χ0v) is 12.9. The summed E-state index contributed by atoms with van der Waals surface area (Å²) >= 11 is 0. The van der Waals surface area contributed by atoms with Crippen LogP contribution in [0.25, 0.3) is 0 Å². The van der Waals surface area contributed by atoms with Gasteiger partial charge in [0.1, 0.15) is 0 Å². The molecule has 0 aromatic heterocycles. The fraction of sp³-hybridized carbons (Fsp3) is 1.00. The average Bonchev–Trinajstić information content (AvgIpc) is 3.22. The van der Waals surface area contributed by atoms with Crippen LogP contribution in [0.5, 0.6) is 0 Å². The number of nitrogens with zero attached hydrogens (tertiary/aromatic N) is 1. The van der Waals surface area contributed by atoms with Crippen LogP contribution in [0.15, 0.2) is 0 Å². The van der Waals surface area contributed by atoms with Crippen LogP contribution >= 0.6 is 0 Å². The second-order valence-corrected chi connectivity index (χ2v) is 8.21. The molecule has 4 nitrogen and oxygen atoms in total. The molecule has 0 unspecified atom stereocenters.